The second-order valence-electron chi connectivity index (χ2n) is 6.19. The van der Waals surface area contributed by atoms with Crippen molar-refractivity contribution in [1.82, 2.24) is 10.2 Å². The van der Waals surface area contributed by atoms with Crippen LogP contribution in [0.25, 0.3) is 10.1 Å². The van der Waals surface area contributed by atoms with Gasteiger partial charge in [0, 0.05) is 22.2 Å². The third kappa shape index (κ3) is 3.04. The number of amides is 1. The van der Waals surface area contributed by atoms with Gasteiger partial charge in [0.2, 0.25) is 0 Å². The summed E-state index contributed by atoms with van der Waals surface area (Å²) in [5.74, 6) is -0.0944. The molecule has 0 saturated heterocycles. The topological polar surface area (TPSA) is 58.4 Å². The SMILES string of the molecule is Cc1cccc2c(N)c(C(=O)NCC(C)(C)N(C)C)sc12. The summed E-state index contributed by atoms with van der Waals surface area (Å²) >= 11 is 1.47. The summed E-state index contributed by atoms with van der Waals surface area (Å²) in [6.45, 7) is 6.79. The molecule has 0 saturated carbocycles. The molecule has 0 radical (unpaired) electrons. The Kier molecular flexibility index (Phi) is 4.25. The maximum absolute atomic E-state index is 12.4. The van der Waals surface area contributed by atoms with E-state index in [0.717, 1.165) is 15.6 Å². The minimum Gasteiger partial charge on any atom is -0.397 e. The fourth-order valence-corrected chi connectivity index (χ4v) is 3.09. The number of anilines is 1. The lowest BCUT2D eigenvalue weighted by Gasteiger charge is -2.32. The molecule has 21 heavy (non-hydrogen) atoms. The zero-order valence-corrected chi connectivity index (χ0v) is 14.1. The summed E-state index contributed by atoms with van der Waals surface area (Å²) in [6, 6.07) is 5.97. The first kappa shape index (κ1) is 15.8. The molecule has 0 aliphatic heterocycles. The molecule has 0 spiro atoms. The number of nitrogen functional groups attached to an aromatic ring is 1. The highest BCUT2D eigenvalue weighted by molar-refractivity contribution is 7.21. The Balaban J connectivity index is 2.25. The fourth-order valence-electron chi connectivity index (χ4n) is 1.98. The molecule has 1 aromatic carbocycles. The number of thiophene rings is 1. The molecule has 2 aromatic rings. The molecule has 1 amide bonds. The van der Waals surface area contributed by atoms with E-state index in [4.69, 9.17) is 5.73 Å². The van der Waals surface area contributed by atoms with E-state index in [1.165, 1.54) is 11.3 Å². The monoisotopic (exact) mass is 305 g/mol. The van der Waals surface area contributed by atoms with Crippen LogP contribution in [0.4, 0.5) is 5.69 Å². The molecule has 1 aromatic heterocycles. The van der Waals surface area contributed by atoms with Gasteiger partial charge in [-0.2, -0.15) is 0 Å². The number of fused-ring (bicyclic) bond motifs is 1. The van der Waals surface area contributed by atoms with Gasteiger partial charge >= 0.3 is 0 Å². The number of benzene rings is 1. The van der Waals surface area contributed by atoms with E-state index in [9.17, 15) is 4.79 Å². The highest BCUT2D eigenvalue weighted by Gasteiger charge is 2.23. The first-order valence-electron chi connectivity index (χ1n) is 6.97. The van der Waals surface area contributed by atoms with Crippen LogP contribution in [-0.4, -0.2) is 37.0 Å². The van der Waals surface area contributed by atoms with Gasteiger partial charge in [-0.15, -0.1) is 11.3 Å². The fraction of sp³-hybridized carbons (Fsp3) is 0.438. The van der Waals surface area contributed by atoms with Gasteiger partial charge in [-0.25, -0.2) is 0 Å². The van der Waals surface area contributed by atoms with Crippen LogP contribution < -0.4 is 11.1 Å². The van der Waals surface area contributed by atoms with Crippen molar-refractivity contribution in [3.63, 3.8) is 0 Å². The Morgan fingerprint density at radius 1 is 1.38 bits per heavy atom. The van der Waals surface area contributed by atoms with E-state index in [0.29, 0.717) is 17.1 Å². The largest absolute Gasteiger partial charge is 0.397 e. The van der Waals surface area contributed by atoms with Crippen molar-refractivity contribution in [3.8, 4) is 0 Å². The number of aryl methyl sites for hydroxylation is 1. The minimum atomic E-state index is -0.100. The van der Waals surface area contributed by atoms with E-state index in [1.54, 1.807) is 0 Å². The maximum atomic E-state index is 12.4. The summed E-state index contributed by atoms with van der Waals surface area (Å²) in [4.78, 5) is 15.1. The Morgan fingerprint density at radius 2 is 2.05 bits per heavy atom. The average molecular weight is 305 g/mol. The minimum absolute atomic E-state index is 0.0944. The number of likely N-dealkylation sites (N-methyl/N-ethyl adjacent to an activating group) is 1. The molecule has 0 atom stereocenters. The molecule has 0 unspecified atom stereocenters. The predicted molar refractivity (Wildman–Crippen MR) is 91.1 cm³/mol. The van der Waals surface area contributed by atoms with Crippen molar-refractivity contribution in [2.24, 2.45) is 0 Å². The van der Waals surface area contributed by atoms with E-state index < -0.39 is 0 Å². The standard InChI is InChI=1S/C16H23N3OS/c1-10-7-6-8-11-12(17)14(21-13(10)11)15(20)18-9-16(2,3)19(4)5/h6-8H,9,17H2,1-5H3,(H,18,20). The second-order valence-corrected chi connectivity index (χ2v) is 7.21. The molecule has 0 aliphatic carbocycles. The molecule has 2 rings (SSSR count). The van der Waals surface area contributed by atoms with Crippen LogP contribution in [0.1, 0.15) is 29.1 Å². The van der Waals surface area contributed by atoms with Crippen LogP contribution in [0.3, 0.4) is 0 Å². The Bertz CT molecular complexity index is 673. The van der Waals surface area contributed by atoms with Crippen LogP contribution in [0.2, 0.25) is 0 Å². The molecule has 114 valence electrons. The number of hydrogen-bond acceptors (Lipinski definition) is 4. The summed E-state index contributed by atoms with van der Waals surface area (Å²) in [7, 11) is 4.01. The Hall–Kier alpha value is -1.59. The smallest absolute Gasteiger partial charge is 0.263 e. The molecule has 3 N–H and O–H groups in total. The molecule has 0 fully saturated rings. The number of carbonyl (C=O) groups excluding carboxylic acids is 1. The highest BCUT2D eigenvalue weighted by Crippen LogP contribution is 2.35. The molecular formula is C16H23N3OS. The number of nitrogens with zero attached hydrogens (tertiary/aromatic N) is 1. The van der Waals surface area contributed by atoms with Gasteiger partial charge in [-0.3, -0.25) is 4.79 Å². The summed E-state index contributed by atoms with van der Waals surface area (Å²) in [6.07, 6.45) is 0. The zero-order valence-electron chi connectivity index (χ0n) is 13.3. The number of rotatable bonds is 4. The van der Waals surface area contributed by atoms with Crippen LogP contribution in [0.15, 0.2) is 18.2 Å². The lowest BCUT2D eigenvalue weighted by molar-refractivity contribution is 0.0924. The van der Waals surface area contributed by atoms with Gasteiger partial charge in [-0.05, 0) is 40.4 Å². The van der Waals surface area contributed by atoms with Crippen molar-refractivity contribution in [3.05, 3.63) is 28.6 Å². The lowest BCUT2D eigenvalue weighted by Crippen LogP contribution is -2.48. The van der Waals surface area contributed by atoms with Crippen LogP contribution in [0, 0.1) is 6.92 Å². The van der Waals surface area contributed by atoms with Gasteiger partial charge < -0.3 is 16.0 Å². The van der Waals surface area contributed by atoms with Gasteiger partial charge in [0.1, 0.15) is 4.88 Å². The molecular weight excluding hydrogens is 282 g/mol. The maximum Gasteiger partial charge on any atom is 0.263 e. The molecule has 0 aliphatic rings. The third-order valence-corrected chi connectivity index (χ3v) is 5.40. The number of nitrogens with two attached hydrogens (primary N) is 1. The third-order valence-electron chi connectivity index (χ3n) is 4.05. The van der Waals surface area contributed by atoms with Crippen molar-refractivity contribution in [1.29, 1.82) is 0 Å². The lowest BCUT2D eigenvalue weighted by atomic mass is 10.0. The van der Waals surface area contributed by atoms with Crippen molar-refractivity contribution in [2.75, 3.05) is 26.4 Å². The summed E-state index contributed by atoms with van der Waals surface area (Å²) in [5.41, 5.74) is 7.78. The van der Waals surface area contributed by atoms with E-state index in [-0.39, 0.29) is 11.4 Å². The van der Waals surface area contributed by atoms with Crippen molar-refractivity contribution in [2.45, 2.75) is 26.3 Å². The van der Waals surface area contributed by atoms with Crippen molar-refractivity contribution >= 4 is 33.0 Å². The predicted octanol–water partition coefficient (Wildman–Crippen LogP) is 2.86. The van der Waals surface area contributed by atoms with Gasteiger partial charge in [0.15, 0.2) is 0 Å². The molecule has 5 heteroatoms. The second kappa shape index (κ2) is 5.66. The quantitative estimate of drug-likeness (QED) is 0.913. The van der Waals surface area contributed by atoms with Crippen molar-refractivity contribution < 1.29 is 4.79 Å². The number of carbonyl (C=O) groups is 1. The Labute approximate surface area is 129 Å². The van der Waals surface area contributed by atoms with Gasteiger partial charge in [0.05, 0.1) is 5.69 Å². The Morgan fingerprint density at radius 3 is 2.62 bits per heavy atom. The summed E-state index contributed by atoms with van der Waals surface area (Å²) in [5, 5.41) is 3.96. The first-order valence-corrected chi connectivity index (χ1v) is 7.79. The molecule has 4 nitrogen and oxygen atoms in total. The van der Waals surface area contributed by atoms with Gasteiger partial charge in [0.25, 0.3) is 5.91 Å². The molecule has 1 heterocycles. The molecule has 0 bridgehead atoms. The van der Waals surface area contributed by atoms with Crippen LogP contribution >= 0.6 is 11.3 Å². The van der Waals surface area contributed by atoms with E-state index in [2.05, 4.69) is 24.1 Å². The van der Waals surface area contributed by atoms with Gasteiger partial charge in [-0.1, -0.05) is 18.2 Å². The highest BCUT2D eigenvalue weighted by atomic mass is 32.1. The normalized spacial score (nSPS) is 12.1. The van der Waals surface area contributed by atoms with E-state index in [1.807, 2.05) is 39.2 Å². The number of nitrogens with one attached hydrogen (secondary N) is 1. The first-order chi connectivity index (χ1) is 9.74. The summed E-state index contributed by atoms with van der Waals surface area (Å²) < 4.78 is 1.09. The van der Waals surface area contributed by atoms with E-state index >= 15 is 0 Å². The van der Waals surface area contributed by atoms with Crippen LogP contribution in [-0.2, 0) is 0 Å². The number of hydrogen-bond donors (Lipinski definition) is 2. The average Bonchev–Trinajstić information content (AvgIpc) is 2.75. The van der Waals surface area contributed by atoms with Crippen LogP contribution in [0.5, 0.6) is 0 Å². The zero-order chi connectivity index (χ0) is 15.8.